The Morgan fingerprint density at radius 3 is 2.52 bits per heavy atom. The number of fused-ring (bicyclic) bond motifs is 1. The van der Waals surface area contributed by atoms with Gasteiger partial charge in [0.05, 0.1) is 29.5 Å². The molecule has 1 N–H and O–H groups in total. The van der Waals surface area contributed by atoms with Crippen molar-refractivity contribution in [1.82, 2.24) is 24.7 Å². The summed E-state index contributed by atoms with van der Waals surface area (Å²) in [5.74, 6) is 0.403. The lowest BCUT2D eigenvalue weighted by molar-refractivity contribution is 0.628. The van der Waals surface area contributed by atoms with Crippen LogP contribution in [-0.4, -0.2) is 24.7 Å². The molecule has 0 aliphatic heterocycles. The molecule has 0 aliphatic carbocycles. The van der Waals surface area contributed by atoms with Gasteiger partial charge in [0.1, 0.15) is 18.0 Å². The van der Waals surface area contributed by atoms with E-state index in [9.17, 15) is 4.39 Å². The Balaban J connectivity index is 1.62. The third-order valence-corrected chi connectivity index (χ3v) is 4.74. The largest absolute Gasteiger partial charge is 0.283 e. The van der Waals surface area contributed by atoms with Gasteiger partial charge >= 0.3 is 0 Å². The molecule has 2 aromatic carbocycles. The lowest BCUT2D eigenvalue weighted by Crippen LogP contribution is -1.95. The second-order valence-electron chi connectivity index (χ2n) is 6.47. The first kappa shape index (κ1) is 16.8. The summed E-state index contributed by atoms with van der Waals surface area (Å²) in [6.07, 6.45) is 5.01. The van der Waals surface area contributed by atoms with Crippen molar-refractivity contribution in [3.63, 3.8) is 0 Å². The van der Waals surface area contributed by atoms with E-state index in [-0.39, 0.29) is 5.82 Å². The van der Waals surface area contributed by atoms with Gasteiger partial charge in [0.25, 0.3) is 0 Å². The molecule has 6 nitrogen and oxygen atoms in total. The zero-order valence-corrected chi connectivity index (χ0v) is 15.0. The highest BCUT2D eigenvalue weighted by atomic mass is 19.1. The maximum Gasteiger partial charge on any atom is 0.205 e. The molecule has 3 heterocycles. The van der Waals surface area contributed by atoms with Gasteiger partial charge in [-0.2, -0.15) is 5.10 Å². The van der Waals surface area contributed by atoms with Crippen molar-refractivity contribution in [2.24, 2.45) is 0 Å². The molecule has 0 bridgehead atoms. The number of hydrogen-bond acceptors (Lipinski definition) is 3. The summed E-state index contributed by atoms with van der Waals surface area (Å²) < 4.78 is 15.2. The number of nitrogens with one attached hydrogen (secondary N) is 1. The number of benzene rings is 2. The van der Waals surface area contributed by atoms with Gasteiger partial charge in [-0.15, -0.1) is 0 Å². The van der Waals surface area contributed by atoms with E-state index in [1.165, 1.54) is 12.1 Å². The number of hydrogen-bond donors (Lipinski definition) is 1. The van der Waals surface area contributed by atoms with Crippen molar-refractivity contribution in [3.05, 3.63) is 90.6 Å². The molecular formula is C22H13FN6. The topological polar surface area (TPSA) is 63.8 Å². The normalized spacial score (nSPS) is 10.9. The molecule has 0 saturated heterocycles. The van der Waals surface area contributed by atoms with Crippen LogP contribution >= 0.6 is 0 Å². The van der Waals surface area contributed by atoms with E-state index in [1.807, 2.05) is 22.8 Å². The van der Waals surface area contributed by atoms with Crippen molar-refractivity contribution in [2.45, 2.75) is 0 Å². The van der Waals surface area contributed by atoms with Gasteiger partial charge in [0.15, 0.2) is 0 Å². The quantitative estimate of drug-likeness (QED) is 0.439. The molecular weight excluding hydrogens is 367 g/mol. The molecule has 3 aromatic heterocycles. The first-order chi connectivity index (χ1) is 14.2. The van der Waals surface area contributed by atoms with Crippen LogP contribution in [0.3, 0.4) is 0 Å². The summed E-state index contributed by atoms with van der Waals surface area (Å²) in [5.41, 5.74) is 5.72. The van der Waals surface area contributed by atoms with Crippen LogP contribution in [0.25, 0.3) is 44.1 Å². The molecule has 5 rings (SSSR count). The average Bonchev–Trinajstić information content (AvgIpc) is 3.41. The molecule has 0 aliphatic rings. The fourth-order valence-corrected chi connectivity index (χ4v) is 3.29. The third kappa shape index (κ3) is 2.93. The highest BCUT2D eigenvalue weighted by molar-refractivity contribution is 5.87. The minimum absolute atomic E-state index is 0.281. The van der Waals surface area contributed by atoms with Crippen LogP contribution in [0.15, 0.2) is 73.3 Å². The number of imidazole rings is 1. The molecule has 0 saturated carbocycles. The lowest BCUT2D eigenvalue weighted by Gasteiger charge is -2.07. The molecule has 0 atom stereocenters. The Morgan fingerprint density at radius 1 is 0.931 bits per heavy atom. The summed E-state index contributed by atoms with van der Waals surface area (Å²) in [4.78, 5) is 12.2. The fraction of sp³-hybridized carbons (Fsp3) is 0. The van der Waals surface area contributed by atoms with E-state index in [1.54, 1.807) is 43.0 Å². The molecule has 7 heteroatoms. The molecule has 0 unspecified atom stereocenters. The smallest absolute Gasteiger partial charge is 0.205 e. The van der Waals surface area contributed by atoms with E-state index in [4.69, 9.17) is 6.57 Å². The highest BCUT2D eigenvalue weighted by Gasteiger charge is 2.13. The average molecular weight is 380 g/mol. The number of rotatable bonds is 3. The first-order valence-electron chi connectivity index (χ1n) is 8.83. The van der Waals surface area contributed by atoms with Crippen LogP contribution in [0, 0.1) is 12.4 Å². The standard InChI is InChI=1S/C22H13FN6/c1-24-17-7-9-21(25-11-17)29-13-26-19-8-4-15(10-20(19)29)18-12-27-28-22(18)14-2-5-16(23)6-3-14/h2-13H,(H,27,28). The van der Waals surface area contributed by atoms with Gasteiger partial charge in [-0.3, -0.25) is 14.6 Å². The SMILES string of the molecule is [C-]#[N+]c1ccc(-n2cnc3ccc(-c4cn[nH]c4-c4ccc(F)cc4)cc32)nc1. The van der Waals surface area contributed by atoms with Crippen LogP contribution in [0.1, 0.15) is 0 Å². The predicted molar refractivity (Wildman–Crippen MR) is 108 cm³/mol. The summed E-state index contributed by atoms with van der Waals surface area (Å²) in [6, 6.07) is 15.8. The Bertz CT molecular complexity index is 1360. The van der Waals surface area contributed by atoms with Gasteiger partial charge in [-0.1, -0.05) is 12.1 Å². The van der Waals surface area contributed by atoms with E-state index in [0.29, 0.717) is 11.5 Å². The van der Waals surface area contributed by atoms with E-state index >= 15 is 0 Å². The van der Waals surface area contributed by atoms with Gasteiger partial charge in [-0.05, 0) is 48.0 Å². The summed E-state index contributed by atoms with van der Waals surface area (Å²) in [6.45, 7) is 7.07. The molecule has 0 radical (unpaired) electrons. The number of nitrogens with zero attached hydrogens (tertiary/aromatic N) is 5. The van der Waals surface area contributed by atoms with Crippen LogP contribution < -0.4 is 0 Å². The van der Waals surface area contributed by atoms with Gasteiger partial charge in [0.2, 0.25) is 5.69 Å². The Hall–Kier alpha value is -4.31. The van der Waals surface area contributed by atoms with E-state index < -0.39 is 0 Å². The molecule has 138 valence electrons. The number of halogens is 1. The van der Waals surface area contributed by atoms with Crippen LogP contribution in [0.5, 0.6) is 0 Å². The molecule has 0 spiro atoms. The number of aromatic amines is 1. The van der Waals surface area contributed by atoms with Crippen molar-refractivity contribution < 1.29 is 4.39 Å². The molecule has 0 fully saturated rings. The lowest BCUT2D eigenvalue weighted by atomic mass is 10.0. The Labute approximate surface area is 165 Å². The van der Waals surface area contributed by atoms with Crippen molar-refractivity contribution in [1.29, 1.82) is 0 Å². The zero-order valence-electron chi connectivity index (χ0n) is 15.0. The van der Waals surface area contributed by atoms with Crippen LogP contribution in [0.2, 0.25) is 0 Å². The number of pyridine rings is 1. The van der Waals surface area contributed by atoms with Crippen molar-refractivity contribution in [2.75, 3.05) is 0 Å². The van der Waals surface area contributed by atoms with Crippen LogP contribution in [-0.2, 0) is 0 Å². The summed E-state index contributed by atoms with van der Waals surface area (Å²) >= 11 is 0. The maximum absolute atomic E-state index is 13.3. The highest BCUT2D eigenvalue weighted by Crippen LogP contribution is 2.32. The second-order valence-corrected chi connectivity index (χ2v) is 6.47. The number of aromatic nitrogens is 5. The number of H-pyrrole nitrogens is 1. The summed E-state index contributed by atoms with van der Waals surface area (Å²) in [7, 11) is 0. The molecule has 29 heavy (non-hydrogen) atoms. The van der Waals surface area contributed by atoms with Crippen molar-refractivity contribution >= 4 is 16.7 Å². The van der Waals surface area contributed by atoms with Crippen LogP contribution in [0.4, 0.5) is 10.1 Å². The third-order valence-electron chi connectivity index (χ3n) is 4.74. The minimum atomic E-state index is -0.281. The second kappa shape index (κ2) is 6.69. The van der Waals surface area contributed by atoms with E-state index in [0.717, 1.165) is 33.4 Å². The van der Waals surface area contributed by atoms with Gasteiger partial charge in [0, 0.05) is 17.3 Å². The van der Waals surface area contributed by atoms with Gasteiger partial charge < -0.3 is 0 Å². The predicted octanol–water partition coefficient (Wildman–Crippen LogP) is 5.17. The van der Waals surface area contributed by atoms with Crippen molar-refractivity contribution in [3.8, 4) is 28.2 Å². The van der Waals surface area contributed by atoms with E-state index in [2.05, 4.69) is 25.0 Å². The molecule has 5 aromatic rings. The Morgan fingerprint density at radius 2 is 1.76 bits per heavy atom. The maximum atomic E-state index is 13.3. The Kier molecular flexibility index (Phi) is 3.88. The monoisotopic (exact) mass is 380 g/mol. The van der Waals surface area contributed by atoms with Gasteiger partial charge in [-0.25, -0.2) is 14.2 Å². The summed E-state index contributed by atoms with van der Waals surface area (Å²) in [5, 5.41) is 7.19. The first-order valence-corrected chi connectivity index (χ1v) is 8.83. The zero-order chi connectivity index (χ0) is 19.8. The minimum Gasteiger partial charge on any atom is -0.283 e. The fourth-order valence-electron chi connectivity index (χ4n) is 3.29. The molecule has 0 amide bonds.